The summed E-state index contributed by atoms with van der Waals surface area (Å²) in [6, 6.07) is 7.09. The number of nitrogens with two attached hydrogens (primary N) is 1. The first-order valence-corrected chi connectivity index (χ1v) is 8.22. The highest BCUT2D eigenvalue weighted by molar-refractivity contribution is 5.83. The fourth-order valence-corrected chi connectivity index (χ4v) is 2.68. The van der Waals surface area contributed by atoms with Gasteiger partial charge < -0.3 is 16.0 Å². The van der Waals surface area contributed by atoms with Gasteiger partial charge in [0.2, 0.25) is 11.8 Å². The van der Waals surface area contributed by atoms with Crippen LogP contribution in [0, 0.1) is 6.92 Å². The van der Waals surface area contributed by atoms with Crippen molar-refractivity contribution in [3.63, 3.8) is 0 Å². The molecule has 3 N–H and O–H groups in total. The normalized spacial score (nSPS) is 16.5. The second kappa shape index (κ2) is 8.61. The predicted molar refractivity (Wildman–Crippen MR) is 94.3 cm³/mol. The Labute approximate surface area is 143 Å². The molecule has 130 valence electrons. The Bertz CT molecular complexity index is 577. The van der Waals surface area contributed by atoms with Crippen molar-refractivity contribution in [3.8, 4) is 0 Å². The molecule has 1 fully saturated rings. The highest BCUT2D eigenvalue weighted by Crippen LogP contribution is 2.15. The lowest BCUT2D eigenvalue weighted by Gasteiger charge is -2.35. The van der Waals surface area contributed by atoms with Gasteiger partial charge in [-0.05, 0) is 12.5 Å². The summed E-state index contributed by atoms with van der Waals surface area (Å²) in [6.07, 6.45) is 1.65. The smallest absolute Gasteiger partial charge is 0.244 e. The van der Waals surface area contributed by atoms with Crippen molar-refractivity contribution < 1.29 is 9.59 Å². The van der Waals surface area contributed by atoms with Crippen LogP contribution in [-0.4, -0.2) is 60.9 Å². The summed E-state index contributed by atoms with van der Waals surface area (Å²) in [6.45, 7) is 8.92. The highest BCUT2D eigenvalue weighted by atomic mass is 16.2. The minimum Gasteiger partial charge on any atom is -0.352 e. The van der Waals surface area contributed by atoms with E-state index in [-0.39, 0.29) is 11.8 Å². The molecule has 0 bridgehead atoms. The number of aryl methyl sites for hydroxylation is 1. The van der Waals surface area contributed by atoms with Gasteiger partial charge in [0, 0.05) is 32.7 Å². The van der Waals surface area contributed by atoms with E-state index < -0.39 is 6.04 Å². The highest BCUT2D eigenvalue weighted by Gasteiger charge is 2.26. The molecule has 0 spiro atoms. The number of benzene rings is 1. The summed E-state index contributed by atoms with van der Waals surface area (Å²) in [5, 5.41) is 2.76. The minimum absolute atomic E-state index is 0.0222. The number of piperazine rings is 1. The van der Waals surface area contributed by atoms with E-state index in [0.717, 1.165) is 11.1 Å². The molecule has 1 aromatic rings. The summed E-state index contributed by atoms with van der Waals surface area (Å²) in [5.74, 6) is -0.0827. The van der Waals surface area contributed by atoms with Crippen LogP contribution in [0.1, 0.15) is 17.2 Å². The number of nitrogens with zero attached hydrogens (tertiary/aromatic N) is 2. The quantitative estimate of drug-likeness (QED) is 0.742. The monoisotopic (exact) mass is 330 g/mol. The van der Waals surface area contributed by atoms with Crippen molar-refractivity contribution in [1.82, 2.24) is 15.1 Å². The molecular weight excluding hydrogens is 304 g/mol. The summed E-state index contributed by atoms with van der Waals surface area (Å²) in [5.41, 5.74) is 8.08. The second-order valence-corrected chi connectivity index (χ2v) is 6.08. The lowest BCUT2D eigenvalue weighted by molar-refractivity contribution is -0.134. The van der Waals surface area contributed by atoms with Crippen LogP contribution in [0.5, 0.6) is 0 Å². The number of rotatable bonds is 6. The first-order chi connectivity index (χ1) is 11.5. The Hall–Kier alpha value is -2.18. The molecular formula is C18H26N4O2. The van der Waals surface area contributed by atoms with Gasteiger partial charge in [0.25, 0.3) is 0 Å². The van der Waals surface area contributed by atoms with Crippen molar-refractivity contribution in [3.05, 3.63) is 48.0 Å². The number of nitrogens with one attached hydrogen (secondary N) is 1. The van der Waals surface area contributed by atoms with Crippen molar-refractivity contribution in [1.29, 1.82) is 0 Å². The zero-order valence-electron chi connectivity index (χ0n) is 14.2. The number of carbonyl (C=O) groups is 2. The Morgan fingerprint density at radius 1 is 1.25 bits per heavy atom. The standard InChI is InChI=1S/C18H26N4O2/c1-3-8-20-16(23)13-21-9-11-22(12-10-21)18(24)17(19)15-6-4-14(2)5-7-15/h3-7,17H,1,8-13,19H2,2H3,(H,20,23). The van der Waals surface area contributed by atoms with Gasteiger partial charge in [0.05, 0.1) is 6.54 Å². The van der Waals surface area contributed by atoms with Crippen molar-refractivity contribution in [2.45, 2.75) is 13.0 Å². The molecule has 1 aliphatic heterocycles. The summed E-state index contributed by atoms with van der Waals surface area (Å²) >= 11 is 0. The fourth-order valence-electron chi connectivity index (χ4n) is 2.68. The molecule has 6 heteroatoms. The van der Waals surface area contributed by atoms with E-state index in [1.54, 1.807) is 11.0 Å². The molecule has 0 aromatic heterocycles. The van der Waals surface area contributed by atoms with E-state index in [9.17, 15) is 9.59 Å². The lowest BCUT2D eigenvalue weighted by Crippen LogP contribution is -2.52. The van der Waals surface area contributed by atoms with E-state index in [4.69, 9.17) is 5.73 Å². The first kappa shape index (κ1) is 18.2. The third kappa shape index (κ3) is 4.91. The third-order valence-corrected chi connectivity index (χ3v) is 4.20. The van der Waals surface area contributed by atoms with E-state index in [0.29, 0.717) is 39.3 Å². The van der Waals surface area contributed by atoms with Crippen LogP contribution in [0.2, 0.25) is 0 Å². The first-order valence-electron chi connectivity index (χ1n) is 8.22. The van der Waals surface area contributed by atoms with Gasteiger partial charge in [-0.25, -0.2) is 0 Å². The molecule has 0 radical (unpaired) electrons. The molecule has 1 atom stereocenters. The van der Waals surface area contributed by atoms with Crippen LogP contribution >= 0.6 is 0 Å². The topological polar surface area (TPSA) is 78.7 Å². The third-order valence-electron chi connectivity index (χ3n) is 4.20. The SMILES string of the molecule is C=CCNC(=O)CN1CCN(C(=O)C(N)c2ccc(C)cc2)CC1. The maximum atomic E-state index is 12.5. The number of carbonyl (C=O) groups excluding carboxylic acids is 2. The molecule has 0 saturated carbocycles. The van der Waals surface area contributed by atoms with Gasteiger partial charge in [0.15, 0.2) is 0 Å². The van der Waals surface area contributed by atoms with Gasteiger partial charge in [-0.1, -0.05) is 35.9 Å². The molecule has 1 unspecified atom stereocenters. The van der Waals surface area contributed by atoms with E-state index in [1.165, 1.54) is 0 Å². The number of hydrogen-bond acceptors (Lipinski definition) is 4. The predicted octanol–water partition coefficient (Wildman–Crippen LogP) is 0.441. The van der Waals surface area contributed by atoms with Crippen molar-refractivity contribution in [2.24, 2.45) is 5.73 Å². The molecule has 1 aromatic carbocycles. The van der Waals surface area contributed by atoms with Gasteiger partial charge in [-0.2, -0.15) is 0 Å². The molecule has 1 heterocycles. The Morgan fingerprint density at radius 3 is 2.46 bits per heavy atom. The van der Waals surface area contributed by atoms with Gasteiger partial charge in [-0.3, -0.25) is 14.5 Å². The van der Waals surface area contributed by atoms with Crippen molar-refractivity contribution in [2.75, 3.05) is 39.3 Å². The average Bonchev–Trinajstić information content (AvgIpc) is 2.60. The Kier molecular flexibility index (Phi) is 6.52. The van der Waals surface area contributed by atoms with E-state index in [1.807, 2.05) is 36.1 Å². The second-order valence-electron chi connectivity index (χ2n) is 6.08. The van der Waals surface area contributed by atoms with Crippen LogP contribution in [0.4, 0.5) is 0 Å². The fraction of sp³-hybridized carbons (Fsp3) is 0.444. The summed E-state index contributed by atoms with van der Waals surface area (Å²) in [7, 11) is 0. The Balaban J connectivity index is 1.82. The van der Waals surface area contributed by atoms with Crippen molar-refractivity contribution >= 4 is 11.8 Å². The molecule has 2 amide bonds. The molecule has 1 saturated heterocycles. The molecule has 1 aliphatic rings. The van der Waals surface area contributed by atoms with Crippen LogP contribution in [0.15, 0.2) is 36.9 Å². The summed E-state index contributed by atoms with van der Waals surface area (Å²) < 4.78 is 0. The minimum atomic E-state index is -0.631. The van der Waals surface area contributed by atoms with Crippen LogP contribution < -0.4 is 11.1 Å². The zero-order chi connectivity index (χ0) is 17.5. The van der Waals surface area contributed by atoms with Crippen LogP contribution in [0.3, 0.4) is 0 Å². The van der Waals surface area contributed by atoms with Crippen LogP contribution in [-0.2, 0) is 9.59 Å². The number of hydrogen-bond donors (Lipinski definition) is 2. The van der Waals surface area contributed by atoms with Gasteiger partial charge in [-0.15, -0.1) is 6.58 Å². The molecule has 24 heavy (non-hydrogen) atoms. The molecule has 0 aliphatic carbocycles. The molecule has 2 rings (SSSR count). The van der Waals surface area contributed by atoms with Gasteiger partial charge in [0.1, 0.15) is 6.04 Å². The number of amides is 2. The summed E-state index contributed by atoms with van der Waals surface area (Å²) in [4.78, 5) is 28.1. The zero-order valence-corrected chi connectivity index (χ0v) is 14.2. The molecule has 6 nitrogen and oxygen atoms in total. The lowest BCUT2D eigenvalue weighted by atomic mass is 10.0. The average molecular weight is 330 g/mol. The van der Waals surface area contributed by atoms with E-state index in [2.05, 4.69) is 11.9 Å². The maximum Gasteiger partial charge on any atom is 0.244 e. The van der Waals surface area contributed by atoms with Gasteiger partial charge >= 0.3 is 0 Å². The van der Waals surface area contributed by atoms with E-state index >= 15 is 0 Å². The largest absolute Gasteiger partial charge is 0.352 e. The Morgan fingerprint density at radius 2 is 1.88 bits per heavy atom. The van der Waals surface area contributed by atoms with Crippen LogP contribution in [0.25, 0.3) is 0 Å². The maximum absolute atomic E-state index is 12.5.